The third-order valence-corrected chi connectivity index (χ3v) is 3.50. The van der Waals surface area contributed by atoms with Crippen molar-refractivity contribution in [2.75, 3.05) is 32.7 Å². The topological polar surface area (TPSA) is 44.9 Å². The monoisotopic (exact) mass is 194 g/mol. The fraction of sp³-hybridized carbons (Fsp3) is 0.900. The lowest BCUT2D eigenvalue weighted by Crippen LogP contribution is -2.64. The van der Waals surface area contributed by atoms with Gasteiger partial charge in [-0.3, -0.25) is 14.8 Å². The maximum atomic E-state index is 6.06. The van der Waals surface area contributed by atoms with Crippen LogP contribution in [0.15, 0.2) is 4.99 Å². The van der Waals surface area contributed by atoms with Gasteiger partial charge in [-0.2, -0.15) is 0 Å². The van der Waals surface area contributed by atoms with Crippen LogP contribution in [0.1, 0.15) is 12.8 Å². The van der Waals surface area contributed by atoms with Gasteiger partial charge in [-0.15, -0.1) is 0 Å². The van der Waals surface area contributed by atoms with Gasteiger partial charge in [0.1, 0.15) is 5.84 Å². The fourth-order valence-corrected chi connectivity index (χ4v) is 2.40. The van der Waals surface area contributed by atoms with Crippen molar-refractivity contribution in [1.82, 2.24) is 9.80 Å². The molecule has 0 aromatic heterocycles. The Balaban J connectivity index is 1.71. The first-order valence-electron chi connectivity index (χ1n) is 5.62. The molecule has 0 radical (unpaired) electrons. The molecule has 3 saturated heterocycles. The average Bonchev–Trinajstić information content (AvgIpc) is 3.03. The van der Waals surface area contributed by atoms with Gasteiger partial charge in [-0.1, -0.05) is 0 Å². The molecule has 4 fully saturated rings. The van der Waals surface area contributed by atoms with E-state index in [4.69, 9.17) is 5.73 Å². The zero-order chi connectivity index (χ0) is 9.54. The van der Waals surface area contributed by atoms with Crippen LogP contribution in [0.2, 0.25) is 0 Å². The standard InChI is InChI=1S/C10H18N4/c11-10(12-8-1-2-8)9-7-13-3-5-14(9)6-4-13/h8-9H,1-7H2,(H2,11,12). The van der Waals surface area contributed by atoms with Crippen LogP contribution in [-0.4, -0.2) is 60.4 Å². The molecule has 14 heavy (non-hydrogen) atoms. The highest BCUT2D eigenvalue weighted by Crippen LogP contribution is 2.24. The second-order valence-electron chi connectivity index (χ2n) is 4.64. The van der Waals surface area contributed by atoms with E-state index in [0.717, 1.165) is 12.4 Å². The normalized spacial score (nSPS) is 42.9. The molecule has 2 N–H and O–H groups in total. The van der Waals surface area contributed by atoms with E-state index in [2.05, 4.69) is 14.8 Å². The van der Waals surface area contributed by atoms with E-state index in [9.17, 15) is 0 Å². The summed E-state index contributed by atoms with van der Waals surface area (Å²) < 4.78 is 0. The Labute approximate surface area is 84.8 Å². The van der Waals surface area contributed by atoms with Gasteiger partial charge in [-0.05, 0) is 12.8 Å². The Morgan fingerprint density at radius 1 is 1.14 bits per heavy atom. The van der Waals surface area contributed by atoms with Crippen LogP contribution >= 0.6 is 0 Å². The summed E-state index contributed by atoms with van der Waals surface area (Å²) >= 11 is 0. The minimum absolute atomic E-state index is 0.415. The molecule has 4 nitrogen and oxygen atoms in total. The first-order chi connectivity index (χ1) is 6.83. The van der Waals surface area contributed by atoms with Gasteiger partial charge < -0.3 is 5.73 Å². The summed E-state index contributed by atoms with van der Waals surface area (Å²) in [5.74, 6) is 0.886. The highest BCUT2D eigenvalue weighted by Gasteiger charge is 2.34. The van der Waals surface area contributed by atoms with Crippen molar-refractivity contribution in [3.05, 3.63) is 0 Å². The van der Waals surface area contributed by atoms with Crippen LogP contribution in [0.25, 0.3) is 0 Å². The number of fused-ring (bicyclic) bond motifs is 3. The molecule has 0 spiro atoms. The molecule has 0 amide bonds. The number of nitrogens with zero attached hydrogens (tertiary/aromatic N) is 3. The highest BCUT2D eigenvalue weighted by molar-refractivity contribution is 5.86. The maximum absolute atomic E-state index is 6.06. The van der Waals surface area contributed by atoms with E-state index in [0.29, 0.717) is 12.1 Å². The lowest BCUT2D eigenvalue weighted by Gasteiger charge is -2.47. The van der Waals surface area contributed by atoms with Crippen molar-refractivity contribution >= 4 is 5.84 Å². The van der Waals surface area contributed by atoms with E-state index in [-0.39, 0.29) is 0 Å². The minimum Gasteiger partial charge on any atom is -0.386 e. The Bertz CT molecular complexity index is 251. The Kier molecular flexibility index (Phi) is 1.99. The number of hydrogen-bond acceptors (Lipinski definition) is 3. The predicted molar refractivity (Wildman–Crippen MR) is 56.4 cm³/mol. The molecular formula is C10H18N4. The van der Waals surface area contributed by atoms with Gasteiger partial charge in [0, 0.05) is 32.7 Å². The summed E-state index contributed by atoms with van der Waals surface area (Å²) in [4.78, 5) is 9.54. The molecule has 3 aliphatic heterocycles. The highest BCUT2D eigenvalue weighted by atomic mass is 15.4. The molecule has 4 aliphatic rings. The molecule has 1 unspecified atom stereocenters. The van der Waals surface area contributed by atoms with E-state index in [1.807, 2.05) is 0 Å². The van der Waals surface area contributed by atoms with Gasteiger partial charge in [0.25, 0.3) is 0 Å². The van der Waals surface area contributed by atoms with Crippen LogP contribution in [-0.2, 0) is 0 Å². The molecule has 4 heteroatoms. The third kappa shape index (κ3) is 1.53. The zero-order valence-corrected chi connectivity index (χ0v) is 8.52. The van der Waals surface area contributed by atoms with Crippen molar-refractivity contribution < 1.29 is 0 Å². The minimum atomic E-state index is 0.415. The fourth-order valence-electron chi connectivity index (χ4n) is 2.40. The second-order valence-corrected chi connectivity index (χ2v) is 4.64. The average molecular weight is 194 g/mol. The van der Waals surface area contributed by atoms with Crippen LogP contribution < -0.4 is 5.73 Å². The van der Waals surface area contributed by atoms with Crippen LogP contribution in [0.5, 0.6) is 0 Å². The van der Waals surface area contributed by atoms with Crippen molar-refractivity contribution in [3.8, 4) is 0 Å². The van der Waals surface area contributed by atoms with Crippen molar-refractivity contribution in [1.29, 1.82) is 0 Å². The van der Waals surface area contributed by atoms with Crippen LogP contribution in [0.3, 0.4) is 0 Å². The van der Waals surface area contributed by atoms with E-state index in [1.165, 1.54) is 39.0 Å². The summed E-state index contributed by atoms with van der Waals surface area (Å²) in [5.41, 5.74) is 6.06. The molecule has 4 rings (SSSR count). The van der Waals surface area contributed by atoms with Crippen molar-refractivity contribution in [2.45, 2.75) is 24.9 Å². The number of nitrogens with two attached hydrogens (primary N) is 1. The molecule has 1 aliphatic carbocycles. The lowest BCUT2D eigenvalue weighted by molar-refractivity contribution is 0.0403. The summed E-state index contributed by atoms with van der Waals surface area (Å²) in [6, 6.07) is 0.977. The number of amidine groups is 1. The summed E-state index contributed by atoms with van der Waals surface area (Å²) in [7, 11) is 0. The molecule has 2 bridgehead atoms. The molecule has 0 aromatic rings. The molecule has 78 valence electrons. The largest absolute Gasteiger partial charge is 0.386 e. The summed E-state index contributed by atoms with van der Waals surface area (Å²) in [5, 5.41) is 0. The van der Waals surface area contributed by atoms with E-state index >= 15 is 0 Å². The first-order valence-corrected chi connectivity index (χ1v) is 5.62. The number of aliphatic imine (C=N–C) groups is 1. The first kappa shape index (κ1) is 8.68. The van der Waals surface area contributed by atoms with Gasteiger partial charge in [-0.25, -0.2) is 0 Å². The van der Waals surface area contributed by atoms with Crippen molar-refractivity contribution in [3.63, 3.8) is 0 Å². The Morgan fingerprint density at radius 3 is 2.36 bits per heavy atom. The molecule has 1 saturated carbocycles. The maximum Gasteiger partial charge on any atom is 0.113 e. The van der Waals surface area contributed by atoms with Gasteiger partial charge in [0.2, 0.25) is 0 Å². The predicted octanol–water partition coefficient (Wildman–Crippen LogP) is -0.494. The Morgan fingerprint density at radius 2 is 1.86 bits per heavy atom. The molecular weight excluding hydrogens is 176 g/mol. The molecule has 0 aromatic carbocycles. The van der Waals surface area contributed by atoms with Crippen molar-refractivity contribution in [2.24, 2.45) is 10.7 Å². The number of rotatable bonds is 2. The molecule has 3 heterocycles. The second kappa shape index (κ2) is 3.21. The lowest BCUT2D eigenvalue weighted by atomic mass is 10.1. The van der Waals surface area contributed by atoms with E-state index < -0.39 is 0 Å². The number of piperazine rings is 3. The van der Waals surface area contributed by atoms with Gasteiger partial charge in [0.15, 0.2) is 0 Å². The molecule has 1 atom stereocenters. The Hall–Kier alpha value is -0.610. The smallest absolute Gasteiger partial charge is 0.113 e. The third-order valence-electron chi connectivity index (χ3n) is 3.50. The summed E-state index contributed by atoms with van der Waals surface area (Å²) in [6.45, 7) is 5.87. The summed E-state index contributed by atoms with van der Waals surface area (Å²) in [6.07, 6.45) is 2.49. The van der Waals surface area contributed by atoms with Crippen LogP contribution in [0, 0.1) is 0 Å². The zero-order valence-electron chi connectivity index (χ0n) is 8.52. The number of hydrogen-bond donors (Lipinski definition) is 1. The SMILES string of the molecule is NC(=NC1CC1)C1CN2CCN1CC2. The van der Waals surface area contributed by atoms with Gasteiger partial charge >= 0.3 is 0 Å². The quantitative estimate of drug-likeness (QED) is 0.476. The van der Waals surface area contributed by atoms with Crippen LogP contribution in [0.4, 0.5) is 0 Å². The van der Waals surface area contributed by atoms with E-state index in [1.54, 1.807) is 0 Å². The van der Waals surface area contributed by atoms with Gasteiger partial charge in [0.05, 0.1) is 12.1 Å².